The topological polar surface area (TPSA) is 13.7 Å². The molecule has 2 rings (SSSR count). The number of benzene rings is 2. The van der Waals surface area contributed by atoms with Crippen molar-refractivity contribution in [3.05, 3.63) is 71.8 Å². The van der Waals surface area contributed by atoms with Crippen LogP contribution >= 0.6 is 0 Å². The van der Waals surface area contributed by atoms with Gasteiger partial charge in [-0.25, -0.2) is 0 Å². The molecule has 0 aliphatic carbocycles. The molecule has 0 heterocycles. The Kier molecular flexibility index (Phi) is 5.78. The standard InChI is InChI=1S/C18H23NO/c1-19(2)14-18(13-16-9-5-3-6-10-16)20-15-17-11-7-4-8-12-17/h3-12,18H,13-15H2,1-2H3/p+1/t18-/m0/s1. The normalized spacial score (nSPS) is 12.6. The number of hydrogen-bond acceptors (Lipinski definition) is 1. The highest BCUT2D eigenvalue weighted by Gasteiger charge is 2.14. The average Bonchev–Trinajstić information content (AvgIpc) is 2.46. The van der Waals surface area contributed by atoms with Crippen LogP contribution in [0.1, 0.15) is 11.1 Å². The maximum atomic E-state index is 6.12. The molecule has 20 heavy (non-hydrogen) atoms. The smallest absolute Gasteiger partial charge is 0.111 e. The van der Waals surface area contributed by atoms with Gasteiger partial charge in [0.2, 0.25) is 0 Å². The van der Waals surface area contributed by atoms with Gasteiger partial charge in [-0.3, -0.25) is 0 Å². The van der Waals surface area contributed by atoms with E-state index >= 15 is 0 Å². The van der Waals surface area contributed by atoms with Crippen molar-refractivity contribution in [2.45, 2.75) is 19.1 Å². The van der Waals surface area contributed by atoms with E-state index in [4.69, 9.17) is 4.74 Å². The third kappa shape index (κ3) is 5.16. The van der Waals surface area contributed by atoms with E-state index in [1.165, 1.54) is 16.0 Å². The molecule has 2 heteroatoms. The van der Waals surface area contributed by atoms with Gasteiger partial charge in [0.25, 0.3) is 0 Å². The van der Waals surface area contributed by atoms with Gasteiger partial charge in [0, 0.05) is 6.42 Å². The Labute approximate surface area is 122 Å². The van der Waals surface area contributed by atoms with Crippen molar-refractivity contribution in [3.8, 4) is 0 Å². The molecule has 0 aliphatic rings. The van der Waals surface area contributed by atoms with Crippen LogP contribution in [0.2, 0.25) is 0 Å². The van der Waals surface area contributed by atoms with Crippen molar-refractivity contribution in [2.75, 3.05) is 20.6 Å². The second kappa shape index (κ2) is 7.83. The second-order valence-corrected chi connectivity index (χ2v) is 5.52. The van der Waals surface area contributed by atoms with E-state index < -0.39 is 0 Å². The molecule has 2 aromatic carbocycles. The summed E-state index contributed by atoms with van der Waals surface area (Å²) >= 11 is 0. The van der Waals surface area contributed by atoms with Gasteiger partial charge in [0.1, 0.15) is 12.6 Å². The number of rotatable bonds is 7. The van der Waals surface area contributed by atoms with E-state index in [0.717, 1.165) is 13.0 Å². The van der Waals surface area contributed by atoms with E-state index in [0.29, 0.717) is 6.61 Å². The van der Waals surface area contributed by atoms with Gasteiger partial charge in [-0.15, -0.1) is 0 Å². The van der Waals surface area contributed by atoms with Crippen LogP contribution in [0.25, 0.3) is 0 Å². The Morgan fingerprint density at radius 3 is 1.95 bits per heavy atom. The fraction of sp³-hybridized carbons (Fsp3) is 0.333. The summed E-state index contributed by atoms with van der Waals surface area (Å²) in [5.74, 6) is 0. The number of hydrogen-bond donors (Lipinski definition) is 1. The molecule has 2 nitrogen and oxygen atoms in total. The molecule has 0 aliphatic heterocycles. The maximum absolute atomic E-state index is 6.12. The van der Waals surface area contributed by atoms with Crippen molar-refractivity contribution >= 4 is 0 Å². The van der Waals surface area contributed by atoms with Gasteiger partial charge in [0.15, 0.2) is 0 Å². The van der Waals surface area contributed by atoms with Crippen molar-refractivity contribution in [2.24, 2.45) is 0 Å². The quantitative estimate of drug-likeness (QED) is 0.812. The molecule has 0 unspecified atom stereocenters. The maximum Gasteiger partial charge on any atom is 0.111 e. The van der Waals surface area contributed by atoms with Crippen LogP contribution in [-0.4, -0.2) is 26.7 Å². The van der Waals surface area contributed by atoms with Crippen LogP contribution in [0.15, 0.2) is 60.7 Å². The van der Waals surface area contributed by atoms with E-state index in [1.54, 1.807) is 0 Å². The zero-order valence-electron chi connectivity index (χ0n) is 12.4. The first-order chi connectivity index (χ1) is 9.74. The summed E-state index contributed by atoms with van der Waals surface area (Å²) in [7, 11) is 4.34. The van der Waals surface area contributed by atoms with Gasteiger partial charge in [-0.2, -0.15) is 0 Å². The molecule has 1 atom stereocenters. The predicted molar refractivity (Wildman–Crippen MR) is 82.8 cm³/mol. The Morgan fingerprint density at radius 1 is 0.850 bits per heavy atom. The molecule has 1 N–H and O–H groups in total. The number of quaternary nitrogens is 1. The molecule has 0 saturated carbocycles. The first-order valence-electron chi connectivity index (χ1n) is 7.22. The lowest BCUT2D eigenvalue weighted by Gasteiger charge is -2.20. The highest BCUT2D eigenvalue weighted by atomic mass is 16.5. The zero-order valence-corrected chi connectivity index (χ0v) is 12.4. The molecule has 0 fully saturated rings. The van der Waals surface area contributed by atoms with Crippen molar-refractivity contribution in [1.82, 2.24) is 0 Å². The monoisotopic (exact) mass is 270 g/mol. The lowest BCUT2D eigenvalue weighted by atomic mass is 10.1. The largest absolute Gasteiger partial charge is 0.367 e. The Morgan fingerprint density at radius 2 is 1.40 bits per heavy atom. The number of likely N-dealkylation sites (N-methyl/N-ethyl adjacent to an activating group) is 1. The van der Waals surface area contributed by atoms with Gasteiger partial charge in [-0.05, 0) is 11.1 Å². The van der Waals surface area contributed by atoms with Gasteiger partial charge >= 0.3 is 0 Å². The molecular weight excluding hydrogens is 246 g/mol. The lowest BCUT2D eigenvalue weighted by molar-refractivity contribution is -0.862. The number of nitrogens with one attached hydrogen (secondary N) is 1. The first-order valence-corrected chi connectivity index (χ1v) is 7.22. The lowest BCUT2D eigenvalue weighted by Crippen LogP contribution is -3.07. The summed E-state index contributed by atoms with van der Waals surface area (Å²) < 4.78 is 6.12. The zero-order chi connectivity index (χ0) is 14.2. The SMILES string of the molecule is C[NH+](C)C[C@H](Cc1ccccc1)OCc1ccccc1. The third-order valence-electron chi connectivity index (χ3n) is 3.27. The summed E-state index contributed by atoms with van der Waals surface area (Å²) in [4.78, 5) is 1.42. The highest BCUT2D eigenvalue weighted by molar-refractivity contribution is 5.16. The molecule has 0 aromatic heterocycles. The van der Waals surface area contributed by atoms with Crippen LogP contribution in [0.5, 0.6) is 0 Å². The minimum absolute atomic E-state index is 0.252. The van der Waals surface area contributed by atoms with Crippen LogP contribution < -0.4 is 4.90 Å². The van der Waals surface area contributed by atoms with Crippen LogP contribution in [0.4, 0.5) is 0 Å². The van der Waals surface area contributed by atoms with E-state index in [9.17, 15) is 0 Å². The fourth-order valence-corrected chi connectivity index (χ4v) is 2.31. The van der Waals surface area contributed by atoms with Gasteiger partial charge < -0.3 is 9.64 Å². The molecule has 0 spiro atoms. The molecule has 0 amide bonds. The van der Waals surface area contributed by atoms with Crippen LogP contribution in [0.3, 0.4) is 0 Å². The molecule has 0 saturated heterocycles. The summed E-state index contributed by atoms with van der Waals surface area (Å²) in [6.07, 6.45) is 1.22. The molecular formula is C18H24NO+. The molecule has 0 radical (unpaired) electrons. The highest BCUT2D eigenvalue weighted by Crippen LogP contribution is 2.08. The molecule has 106 valence electrons. The molecule has 2 aromatic rings. The Bertz CT molecular complexity index is 481. The average molecular weight is 270 g/mol. The predicted octanol–water partition coefficient (Wildman–Crippen LogP) is 1.96. The van der Waals surface area contributed by atoms with Crippen LogP contribution in [-0.2, 0) is 17.8 Å². The van der Waals surface area contributed by atoms with E-state index in [-0.39, 0.29) is 6.10 Å². The fourth-order valence-electron chi connectivity index (χ4n) is 2.31. The van der Waals surface area contributed by atoms with Crippen molar-refractivity contribution < 1.29 is 9.64 Å². The summed E-state index contributed by atoms with van der Waals surface area (Å²) in [5, 5.41) is 0. The molecule has 0 bridgehead atoms. The first kappa shape index (κ1) is 14.8. The van der Waals surface area contributed by atoms with Crippen LogP contribution in [0, 0.1) is 0 Å². The van der Waals surface area contributed by atoms with Gasteiger partial charge in [0.05, 0.1) is 20.7 Å². The van der Waals surface area contributed by atoms with E-state index in [2.05, 4.69) is 68.7 Å². The Hall–Kier alpha value is -1.64. The Balaban J connectivity index is 1.93. The van der Waals surface area contributed by atoms with Gasteiger partial charge in [-0.1, -0.05) is 60.7 Å². The second-order valence-electron chi connectivity index (χ2n) is 5.52. The summed E-state index contributed by atoms with van der Waals surface area (Å²) in [6, 6.07) is 21.0. The van der Waals surface area contributed by atoms with Crippen molar-refractivity contribution in [1.29, 1.82) is 0 Å². The summed E-state index contributed by atoms with van der Waals surface area (Å²) in [6.45, 7) is 1.70. The minimum Gasteiger partial charge on any atom is -0.367 e. The minimum atomic E-state index is 0.252. The van der Waals surface area contributed by atoms with E-state index in [1.807, 2.05) is 6.07 Å². The third-order valence-corrected chi connectivity index (χ3v) is 3.27. The summed E-state index contributed by atoms with van der Waals surface area (Å²) in [5.41, 5.74) is 2.58. The van der Waals surface area contributed by atoms with Crippen molar-refractivity contribution in [3.63, 3.8) is 0 Å². The number of ether oxygens (including phenoxy) is 1.